The van der Waals surface area contributed by atoms with E-state index in [1.54, 1.807) is 24.3 Å². The minimum Gasteiger partial charge on any atom is -0.350 e. The molecule has 0 spiro atoms. The van der Waals surface area contributed by atoms with Crippen LogP contribution in [0.2, 0.25) is 0 Å². The maximum Gasteiger partial charge on any atom is 0.261 e. The zero-order chi connectivity index (χ0) is 20.3. The predicted octanol–water partition coefficient (Wildman–Crippen LogP) is 4.06. The van der Waals surface area contributed by atoms with E-state index in [2.05, 4.69) is 31.3 Å². The van der Waals surface area contributed by atoms with E-state index < -0.39 is 0 Å². The monoisotopic (exact) mass is 378 g/mol. The van der Waals surface area contributed by atoms with Gasteiger partial charge in [-0.25, -0.2) is 0 Å². The molecule has 0 aliphatic carbocycles. The average Bonchev–Trinajstić information content (AvgIpc) is 2.93. The number of nitrogens with one attached hydrogen (secondary N) is 1. The van der Waals surface area contributed by atoms with Gasteiger partial charge in [-0.15, -0.1) is 0 Å². The van der Waals surface area contributed by atoms with E-state index in [9.17, 15) is 14.4 Å². The highest BCUT2D eigenvalue weighted by Gasteiger charge is 2.34. The first-order valence-electron chi connectivity index (χ1n) is 9.73. The molecule has 2 aromatic carbocycles. The van der Waals surface area contributed by atoms with Crippen LogP contribution >= 0.6 is 0 Å². The van der Waals surface area contributed by atoms with Crippen LogP contribution in [0.15, 0.2) is 48.5 Å². The van der Waals surface area contributed by atoms with Crippen LogP contribution in [-0.4, -0.2) is 29.2 Å². The molecule has 1 aliphatic rings. The topological polar surface area (TPSA) is 66.5 Å². The number of fused-ring (bicyclic) bond motifs is 1. The Bertz CT molecular complexity index is 852. The first-order valence-corrected chi connectivity index (χ1v) is 9.73. The van der Waals surface area contributed by atoms with E-state index in [0.29, 0.717) is 23.5 Å². The van der Waals surface area contributed by atoms with Crippen LogP contribution in [0.3, 0.4) is 0 Å². The fourth-order valence-electron chi connectivity index (χ4n) is 3.41. The molecular formula is C23H26N2O3. The quantitative estimate of drug-likeness (QED) is 0.739. The second kappa shape index (κ2) is 8.38. The predicted molar refractivity (Wildman–Crippen MR) is 108 cm³/mol. The molecule has 3 amide bonds. The fraction of sp³-hybridized carbons (Fsp3) is 0.348. The number of rotatable bonds is 7. The van der Waals surface area contributed by atoms with Gasteiger partial charge in [-0.3, -0.25) is 19.3 Å². The van der Waals surface area contributed by atoms with Gasteiger partial charge in [0.25, 0.3) is 11.8 Å². The SMILES string of the molecule is CC(C)c1ccc(C(C)NC(=O)CCCN2C(=O)c3ccccc3C2=O)cc1. The second-order valence-electron chi connectivity index (χ2n) is 7.52. The number of benzene rings is 2. The number of nitrogens with zero attached hydrogens (tertiary/aromatic N) is 1. The summed E-state index contributed by atoms with van der Waals surface area (Å²) in [5, 5.41) is 2.98. The lowest BCUT2D eigenvalue weighted by Gasteiger charge is -2.17. The van der Waals surface area contributed by atoms with Gasteiger partial charge in [0.2, 0.25) is 5.91 Å². The lowest BCUT2D eigenvalue weighted by atomic mass is 9.99. The van der Waals surface area contributed by atoms with Gasteiger partial charge in [-0.1, -0.05) is 50.2 Å². The Kier molecular flexibility index (Phi) is 5.93. The molecule has 0 fully saturated rings. The molecule has 2 aromatic rings. The summed E-state index contributed by atoms with van der Waals surface area (Å²) in [4.78, 5) is 38.1. The number of hydrogen-bond donors (Lipinski definition) is 1. The Balaban J connectivity index is 1.48. The van der Waals surface area contributed by atoms with Crippen LogP contribution in [0.5, 0.6) is 0 Å². The third kappa shape index (κ3) is 4.14. The highest BCUT2D eigenvalue weighted by atomic mass is 16.2. The Labute approximate surface area is 165 Å². The summed E-state index contributed by atoms with van der Waals surface area (Å²) in [6.07, 6.45) is 0.706. The largest absolute Gasteiger partial charge is 0.350 e. The number of hydrogen-bond acceptors (Lipinski definition) is 3. The van der Waals surface area contributed by atoms with Crippen LogP contribution in [0.1, 0.15) is 77.4 Å². The normalized spacial score (nSPS) is 14.4. The minimum absolute atomic E-state index is 0.0861. The molecule has 1 aliphatic heterocycles. The van der Waals surface area contributed by atoms with Gasteiger partial charge in [0.1, 0.15) is 0 Å². The Hall–Kier alpha value is -2.95. The van der Waals surface area contributed by atoms with Crippen molar-refractivity contribution >= 4 is 17.7 Å². The Morgan fingerprint density at radius 3 is 1.96 bits per heavy atom. The van der Waals surface area contributed by atoms with Crippen molar-refractivity contribution in [1.29, 1.82) is 0 Å². The van der Waals surface area contributed by atoms with Crippen molar-refractivity contribution in [1.82, 2.24) is 10.2 Å². The van der Waals surface area contributed by atoms with E-state index in [-0.39, 0.29) is 36.7 Å². The Morgan fingerprint density at radius 2 is 1.43 bits per heavy atom. The summed E-state index contributed by atoms with van der Waals surface area (Å²) in [6.45, 7) is 6.49. The molecule has 1 unspecified atom stereocenters. The van der Waals surface area contributed by atoms with Crippen molar-refractivity contribution in [2.45, 2.75) is 45.6 Å². The van der Waals surface area contributed by atoms with Gasteiger partial charge in [0.05, 0.1) is 17.2 Å². The first-order chi connectivity index (χ1) is 13.4. The van der Waals surface area contributed by atoms with Gasteiger partial charge >= 0.3 is 0 Å². The zero-order valence-electron chi connectivity index (χ0n) is 16.6. The van der Waals surface area contributed by atoms with Gasteiger partial charge in [-0.05, 0) is 42.5 Å². The molecule has 0 saturated heterocycles. The maximum atomic E-state index is 12.3. The molecule has 3 rings (SSSR count). The van der Waals surface area contributed by atoms with E-state index in [1.165, 1.54) is 10.5 Å². The van der Waals surface area contributed by atoms with Gasteiger partial charge < -0.3 is 5.32 Å². The minimum atomic E-state index is -0.278. The van der Waals surface area contributed by atoms with Crippen molar-refractivity contribution in [3.8, 4) is 0 Å². The van der Waals surface area contributed by atoms with Gasteiger partial charge in [-0.2, -0.15) is 0 Å². The van der Waals surface area contributed by atoms with Gasteiger partial charge in [0.15, 0.2) is 0 Å². The molecule has 0 aromatic heterocycles. The molecule has 1 atom stereocenters. The van der Waals surface area contributed by atoms with Crippen molar-refractivity contribution in [2.75, 3.05) is 6.54 Å². The first kappa shape index (κ1) is 19.8. The molecule has 0 saturated carbocycles. The lowest BCUT2D eigenvalue weighted by molar-refractivity contribution is -0.121. The van der Waals surface area contributed by atoms with Crippen LogP contribution in [-0.2, 0) is 4.79 Å². The van der Waals surface area contributed by atoms with E-state index in [1.807, 2.05) is 19.1 Å². The van der Waals surface area contributed by atoms with Crippen LogP contribution < -0.4 is 5.32 Å². The molecule has 28 heavy (non-hydrogen) atoms. The number of amides is 3. The number of carbonyl (C=O) groups is 3. The van der Waals surface area contributed by atoms with Gasteiger partial charge in [0, 0.05) is 13.0 Å². The molecule has 0 bridgehead atoms. The highest BCUT2D eigenvalue weighted by Crippen LogP contribution is 2.23. The van der Waals surface area contributed by atoms with Crippen molar-refractivity contribution in [3.63, 3.8) is 0 Å². The average molecular weight is 378 g/mol. The van der Waals surface area contributed by atoms with Crippen LogP contribution in [0.25, 0.3) is 0 Å². The molecule has 1 heterocycles. The van der Waals surface area contributed by atoms with E-state index in [4.69, 9.17) is 0 Å². The van der Waals surface area contributed by atoms with Crippen molar-refractivity contribution in [3.05, 3.63) is 70.8 Å². The summed E-state index contributed by atoms with van der Waals surface area (Å²) < 4.78 is 0. The molecule has 1 N–H and O–H groups in total. The molecule has 5 heteroatoms. The van der Waals surface area contributed by atoms with E-state index in [0.717, 1.165) is 5.56 Å². The molecule has 0 radical (unpaired) electrons. The summed E-state index contributed by atoms with van der Waals surface area (Å²) in [5.74, 6) is -0.169. The molecule has 5 nitrogen and oxygen atoms in total. The summed E-state index contributed by atoms with van der Waals surface area (Å²) in [5.41, 5.74) is 3.20. The smallest absolute Gasteiger partial charge is 0.261 e. The third-order valence-corrected chi connectivity index (χ3v) is 5.14. The molecular weight excluding hydrogens is 352 g/mol. The maximum absolute atomic E-state index is 12.3. The standard InChI is InChI=1S/C23H26N2O3/c1-15(2)17-10-12-18(13-11-17)16(3)24-21(26)9-6-14-25-22(27)19-7-4-5-8-20(19)23(25)28/h4-5,7-8,10-13,15-16H,6,9,14H2,1-3H3,(H,24,26). The summed E-state index contributed by atoms with van der Waals surface area (Å²) in [7, 11) is 0. The number of carbonyl (C=O) groups excluding carboxylic acids is 3. The summed E-state index contributed by atoms with van der Waals surface area (Å²) >= 11 is 0. The Morgan fingerprint density at radius 1 is 0.893 bits per heavy atom. The third-order valence-electron chi connectivity index (χ3n) is 5.14. The lowest BCUT2D eigenvalue weighted by Crippen LogP contribution is -2.32. The van der Waals surface area contributed by atoms with Crippen LogP contribution in [0.4, 0.5) is 0 Å². The summed E-state index contributed by atoms with van der Waals surface area (Å²) in [6, 6.07) is 15.0. The van der Waals surface area contributed by atoms with E-state index >= 15 is 0 Å². The zero-order valence-corrected chi connectivity index (χ0v) is 16.6. The van der Waals surface area contributed by atoms with Crippen LogP contribution in [0, 0.1) is 0 Å². The highest BCUT2D eigenvalue weighted by molar-refractivity contribution is 6.21. The van der Waals surface area contributed by atoms with Crippen molar-refractivity contribution < 1.29 is 14.4 Å². The fourth-order valence-corrected chi connectivity index (χ4v) is 3.41. The van der Waals surface area contributed by atoms with Crippen molar-refractivity contribution in [2.24, 2.45) is 0 Å². The molecule has 146 valence electrons. The second-order valence-corrected chi connectivity index (χ2v) is 7.52. The number of imide groups is 1.